The minimum absolute atomic E-state index is 0.0536. The van der Waals surface area contributed by atoms with Crippen LogP contribution in [0.15, 0.2) is 12.1 Å². The van der Waals surface area contributed by atoms with E-state index in [4.69, 9.17) is 4.74 Å². The van der Waals surface area contributed by atoms with E-state index in [9.17, 15) is 4.79 Å². The summed E-state index contributed by atoms with van der Waals surface area (Å²) in [6.07, 6.45) is 0. The number of carbonyl (C=O) groups is 1. The van der Waals surface area contributed by atoms with E-state index in [1.165, 1.54) is 0 Å². The van der Waals surface area contributed by atoms with Crippen LogP contribution in [0.1, 0.15) is 11.1 Å². The summed E-state index contributed by atoms with van der Waals surface area (Å²) in [6, 6.07) is 3.97. The molecule has 0 aliphatic heterocycles. The molecule has 0 radical (unpaired) electrons. The Kier molecular flexibility index (Phi) is 4.37. The first-order chi connectivity index (χ1) is 7.95. The van der Waals surface area contributed by atoms with Gasteiger partial charge in [-0.05, 0) is 37.1 Å². The lowest BCUT2D eigenvalue weighted by molar-refractivity contribution is -0.126. The van der Waals surface area contributed by atoms with Gasteiger partial charge >= 0.3 is 0 Å². The molecule has 1 aromatic rings. The lowest BCUT2D eigenvalue weighted by atomic mass is 10.1. The van der Waals surface area contributed by atoms with Crippen LogP contribution in [-0.4, -0.2) is 38.6 Å². The van der Waals surface area contributed by atoms with Crippen LogP contribution in [0.25, 0.3) is 0 Å². The molecule has 4 nitrogen and oxygen atoms in total. The molecule has 0 bridgehead atoms. The van der Waals surface area contributed by atoms with Gasteiger partial charge in [0.2, 0.25) is 5.91 Å². The van der Waals surface area contributed by atoms with Crippen molar-refractivity contribution in [2.45, 2.75) is 13.8 Å². The minimum Gasteiger partial charge on any atom is -0.496 e. The van der Waals surface area contributed by atoms with E-state index in [1.807, 2.05) is 26.0 Å². The van der Waals surface area contributed by atoms with Gasteiger partial charge in [0.25, 0.3) is 0 Å². The van der Waals surface area contributed by atoms with E-state index in [-0.39, 0.29) is 5.91 Å². The van der Waals surface area contributed by atoms with Crippen molar-refractivity contribution >= 4 is 11.6 Å². The quantitative estimate of drug-likeness (QED) is 0.867. The molecule has 17 heavy (non-hydrogen) atoms. The first kappa shape index (κ1) is 13.4. The van der Waals surface area contributed by atoms with E-state index in [0.29, 0.717) is 6.54 Å². The van der Waals surface area contributed by atoms with Crippen molar-refractivity contribution in [3.63, 3.8) is 0 Å². The van der Waals surface area contributed by atoms with Gasteiger partial charge in [-0.25, -0.2) is 0 Å². The predicted molar refractivity (Wildman–Crippen MR) is 69.7 cm³/mol. The van der Waals surface area contributed by atoms with Gasteiger partial charge in [-0.2, -0.15) is 0 Å². The van der Waals surface area contributed by atoms with Gasteiger partial charge in [-0.1, -0.05) is 0 Å². The highest BCUT2D eigenvalue weighted by Crippen LogP contribution is 2.25. The molecule has 0 heterocycles. The maximum atomic E-state index is 11.5. The molecule has 0 atom stereocenters. The molecule has 0 fully saturated rings. The van der Waals surface area contributed by atoms with Crippen LogP contribution in [0.5, 0.6) is 5.75 Å². The van der Waals surface area contributed by atoms with Gasteiger partial charge in [0.15, 0.2) is 0 Å². The SMILES string of the molecule is COc1cc(C)c(NCC(=O)N(C)C)cc1C. The van der Waals surface area contributed by atoms with Gasteiger partial charge in [0.05, 0.1) is 13.7 Å². The van der Waals surface area contributed by atoms with E-state index < -0.39 is 0 Å². The Hall–Kier alpha value is -1.71. The minimum atomic E-state index is 0.0536. The van der Waals surface area contributed by atoms with E-state index in [1.54, 1.807) is 26.1 Å². The molecule has 0 aromatic heterocycles. The topological polar surface area (TPSA) is 41.6 Å². The zero-order valence-corrected chi connectivity index (χ0v) is 11.1. The number of hydrogen-bond acceptors (Lipinski definition) is 3. The lowest BCUT2D eigenvalue weighted by Gasteiger charge is -2.15. The molecule has 1 rings (SSSR count). The van der Waals surface area contributed by atoms with Gasteiger partial charge in [-0.3, -0.25) is 4.79 Å². The normalized spacial score (nSPS) is 9.94. The van der Waals surface area contributed by atoms with E-state index in [0.717, 1.165) is 22.6 Å². The summed E-state index contributed by atoms with van der Waals surface area (Å²) < 4.78 is 5.24. The van der Waals surface area contributed by atoms with Crippen molar-refractivity contribution in [1.29, 1.82) is 0 Å². The Morgan fingerprint density at radius 3 is 2.47 bits per heavy atom. The Morgan fingerprint density at radius 2 is 1.94 bits per heavy atom. The Morgan fingerprint density at radius 1 is 1.29 bits per heavy atom. The van der Waals surface area contributed by atoms with Crippen LogP contribution < -0.4 is 10.1 Å². The molecular formula is C13H20N2O2. The van der Waals surface area contributed by atoms with Gasteiger partial charge in [-0.15, -0.1) is 0 Å². The van der Waals surface area contributed by atoms with Crippen molar-refractivity contribution in [3.8, 4) is 5.75 Å². The number of nitrogens with one attached hydrogen (secondary N) is 1. The van der Waals surface area contributed by atoms with Crippen molar-refractivity contribution in [2.24, 2.45) is 0 Å². The first-order valence-electron chi connectivity index (χ1n) is 5.55. The molecule has 0 aliphatic carbocycles. The second-order valence-corrected chi connectivity index (χ2v) is 4.28. The number of methoxy groups -OCH3 is 1. The Labute approximate surface area is 103 Å². The van der Waals surface area contributed by atoms with Crippen LogP contribution in [0.4, 0.5) is 5.69 Å². The molecular weight excluding hydrogens is 216 g/mol. The second-order valence-electron chi connectivity index (χ2n) is 4.28. The lowest BCUT2D eigenvalue weighted by Crippen LogP contribution is -2.28. The standard InChI is InChI=1S/C13H20N2O2/c1-9-7-12(17-5)10(2)6-11(9)14-8-13(16)15(3)4/h6-7,14H,8H2,1-5H3. The highest BCUT2D eigenvalue weighted by molar-refractivity contribution is 5.80. The van der Waals surface area contributed by atoms with Crippen LogP contribution in [0.3, 0.4) is 0 Å². The van der Waals surface area contributed by atoms with Crippen molar-refractivity contribution in [2.75, 3.05) is 33.1 Å². The number of amides is 1. The monoisotopic (exact) mass is 236 g/mol. The number of ether oxygens (including phenoxy) is 1. The number of hydrogen-bond donors (Lipinski definition) is 1. The average molecular weight is 236 g/mol. The van der Waals surface area contributed by atoms with Crippen LogP contribution in [-0.2, 0) is 4.79 Å². The Bertz CT molecular complexity index is 414. The summed E-state index contributed by atoms with van der Waals surface area (Å²) in [5, 5.41) is 3.14. The number of anilines is 1. The maximum Gasteiger partial charge on any atom is 0.241 e. The molecule has 1 amide bonds. The van der Waals surface area contributed by atoms with E-state index >= 15 is 0 Å². The molecule has 0 saturated heterocycles. The average Bonchev–Trinajstić information content (AvgIpc) is 2.29. The number of benzene rings is 1. The summed E-state index contributed by atoms with van der Waals surface area (Å²) >= 11 is 0. The fraction of sp³-hybridized carbons (Fsp3) is 0.462. The summed E-state index contributed by atoms with van der Waals surface area (Å²) in [7, 11) is 5.15. The summed E-state index contributed by atoms with van der Waals surface area (Å²) in [4.78, 5) is 13.0. The van der Waals surface area contributed by atoms with Crippen LogP contribution in [0, 0.1) is 13.8 Å². The number of nitrogens with zero attached hydrogens (tertiary/aromatic N) is 1. The molecule has 0 aliphatic rings. The Balaban J connectivity index is 2.79. The third-order valence-corrected chi connectivity index (χ3v) is 2.67. The highest BCUT2D eigenvalue weighted by atomic mass is 16.5. The van der Waals surface area contributed by atoms with Gasteiger partial charge in [0.1, 0.15) is 5.75 Å². The summed E-state index contributed by atoms with van der Waals surface area (Å²) in [5.74, 6) is 0.921. The fourth-order valence-corrected chi connectivity index (χ4v) is 1.53. The smallest absolute Gasteiger partial charge is 0.241 e. The van der Waals surface area contributed by atoms with Crippen LogP contribution in [0.2, 0.25) is 0 Å². The second kappa shape index (κ2) is 5.57. The highest BCUT2D eigenvalue weighted by Gasteiger charge is 2.07. The van der Waals surface area contributed by atoms with Crippen molar-refractivity contribution < 1.29 is 9.53 Å². The zero-order chi connectivity index (χ0) is 13.0. The van der Waals surface area contributed by atoms with Crippen molar-refractivity contribution in [1.82, 2.24) is 4.90 Å². The van der Waals surface area contributed by atoms with Gasteiger partial charge in [0, 0.05) is 19.8 Å². The third kappa shape index (κ3) is 3.37. The van der Waals surface area contributed by atoms with Gasteiger partial charge < -0.3 is 15.0 Å². The molecule has 0 unspecified atom stereocenters. The van der Waals surface area contributed by atoms with E-state index in [2.05, 4.69) is 5.32 Å². The summed E-state index contributed by atoms with van der Waals surface area (Å²) in [6.45, 7) is 4.28. The number of carbonyl (C=O) groups excluding carboxylic acids is 1. The molecule has 1 aromatic carbocycles. The molecule has 0 spiro atoms. The molecule has 4 heteroatoms. The zero-order valence-electron chi connectivity index (χ0n) is 11.1. The fourth-order valence-electron chi connectivity index (χ4n) is 1.53. The number of aryl methyl sites for hydroxylation is 2. The molecule has 1 N–H and O–H groups in total. The predicted octanol–water partition coefficient (Wildman–Crippen LogP) is 1.81. The third-order valence-electron chi connectivity index (χ3n) is 2.67. The largest absolute Gasteiger partial charge is 0.496 e. The van der Waals surface area contributed by atoms with Crippen LogP contribution >= 0.6 is 0 Å². The summed E-state index contributed by atoms with van der Waals surface area (Å²) in [5.41, 5.74) is 3.09. The maximum absolute atomic E-state index is 11.5. The first-order valence-corrected chi connectivity index (χ1v) is 5.55. The van der Waals surface area contributed by atoms with Crippen molar-refractivity contribution in [3.05, 3.63) is 23.3 Å². The molecule has 0 saturated carbocycles. The number of likely N-dealkylation sites (N-methyl/N-ethyl adjacent to an activating group) is 1. The number of rotatable bonds is 4. The molecule has 94 valence electrons.